The quantitative estimate of drug-likeness (QED) is 0.857. The molecule has 5 nitrogen and oxygen atoms in total. The molecule has 3 rings (SSSR count). The van der Waals surface area contributed by atoms with Crippen molar-refractivity contribution in [3.63, 3.8) is 0 Å². The molecule has 1 N–H and O–H groups in total. The second kappa shape index (κ2) is 4.33. The maximum absolute atomic E-state index is 9.20. The molecule has 0 radical (unpaired) electrons. The van der Waals surface area contributed by atoms with Crippen LogP contribution in [0.5, 0.6) is 0 Å². The molecule has 1 fully saturated rings. The molecule has 2 aromatic rings. The summed E-state index contributed by atoms with van der Waals surface area (Å²) in [4.78, 5) is 6.66. The van der Waals surface area contributed by atoms with Gasteiger partial charge in [0.05, 0.1) is 12.8 Å². The smallest absolute Gasteiger partial charge is 0.155 e. The van der Waals surface area contributed by atoms with Gasteiger partial charge >= 0.3 is 0 Å². The van der Waals surface area contributed by atoms with E-state index in [2.05, 4.69) is 15.0 Å². The molecule has 0 spiro atoms. The van der Waals surface area contributed by atoms with E-state index in [1.165, 1.54) is 19.3 Å². The molecule has 0 saturated heterocycles. The Hall–Kier alpha value is -1.62. The van der Waals surface area contributed by atoms with Crippen molar-refractivity contribution in [1.29, 1.82) is 0 Å². The van der Waals surface area contributed by atoms with Gasteiger partial charge in [0, 0.05) is 25.0 Å². The summed E-state index contributed by atoms with van der Waals surface area (Å²) < 4.78 is 1.82. The van der Waals surface area contributed by atoms with Crippen molar-refractivity contribution >= 4 is 11.3 Å². The van der Waals surface area contributed by atoms with Crippen LogP contribution in [-0.4, -0.2) is 38.9 Å². The number of rotatable bonds is 4. The van der Waals surface area contributed by atoms with Crippen LogP contribution in [0.2, 0.25) is 0 Å². The molecule has 0 unspecified atom stereocenters. The number of aliphatic hydroxyl groups is 1. The fraction of sp³-hybridized carbons (Fsp3) is 0.500. The van der Waals surface area contributed by atoms with Crippen molar-refractivity contribution in [3.05, 3.63) is 24.7 Å². The lowest BCUT2D eigenvalue weighted by molar-refractivity contribution is 0.283. The standard InChI is InChI=1S/C12H16N4O/c17-9-8-15(10-2-1-3-10)12-11-4-5-14-16(11)7-6-13-12/h4-7,10,17H,1-3,8-9H2. The average Bonchev–Trinajstić information content (AvgIpc) is 2.73. The summed E-state index contributed by atoms with van der Waals surface area (Å²) >= 11 is 0. The number of hydrogen-bond acceptors (Lipinski definition) is 4. The van der Waals surface area contributed by atoms with E-state index >= 15 is 0 Å². The highest BCUT2D eigenvalue weighted by Gasteiger charge is 2.26. The summed E-state index contributed by atoms with van der Waals surface area (Å²) in [5.41, 5.74) is 1.01. The molecule has 1 saturated carbocycles. The Bertz CT molecular complexity index is 506. The first-order valence-electron chi connectivity index (χ1n) is 6.06. The van der Waals surface area contributed by atoms with E-state index in [0.717, 1.165) is 11.3 Å². The van der Waals surface area contributed by atoms with Crippen molar-refractivity contribution < 1.29 is 5.11 Å². The van der Waals surface area contributed by atoms with Crippen LogP contribution in [0, 0.1) is 0 Å². The fourth-order valence-electron chi connectivity index (χ4n) is 2.33. The minimum Gasteiger partial charge on any atom is -0.395 e. The zero-order valence-electron chi connectivity index (χ0n) is 9.66. The van der Waals surface area contributed by atoms with E-state index in [4.69, 9.17) is 0 Å². The molecule has 90 valence electrons. The number of fused-ring (bicyclic) bond motifs is 1. The third-order valence-electron chi connectivity index (χ3n) is 3.43. The van der Waals surface area contributed by atoms with Crippen molar-refractivity contribution in [2.45, 2.75) is 25.3 Å². The Morgan fingerprint density at radius 2 is 2.29 bits per heavy atom. The Morgan fingerprint density at radius 3 is 3.00 bits per heavy atom. The lowest BCUT2D eigenvalue weighted by atomic mass is 9.91. The molecule has 17 heavy (non-hydrogen) atoms. The molecule has 1 aliphatic rings. The Labute approximate surface area is 99.7 Å². The summed E-state index contributed by atoms with van der Waals surface area (Å²) in [7, 11) is 0. The second-order valence-electron chi connectivity index (χ2n) is 4.41. The van der Waals surface area contributed by atoms with E-state index < -0.39 is 0 Å². The van der Waals surface area contributed by atoms with E-state index in [9.17, 15) is 5.11 Å². The molecule has 0 aliphatic heterocycles. The van der Waals surface area contributed by atoms with E-state index in [1.807, 2.05) is 16.8 Å². The predicted molar refractivity (Wildman–Crippen MR) is 65.1 cm³/mol. The van der Waals surface area contributed by atoms with E-state index in [1.54, 1.807) is 12.4 Å². The van der Waals surface area contributed by atoms with Crippen molar-refractivity contribution in [2.24, 2.45) is 0 Å². The number of aliphatic hydroxyl groups excluding tert-OH is 1. The van der Waals surface area contributed by atoms with Crippen LogP contribution >= 0.6 is 0 Å². The van der Waals surface area contributed by atoms with E-state index in [0.29, 0.717) is 12.6 Å². The SMILES string of the molecule is OCCN(c1nccn2nccc12)C1CCC1. The highest BCUT2D eigenvalue weighted by atomic mass is 16.3. The monoisotopic (exact) mass is 232 g/mol. The second-order valence-corrected chi connectivity index (χ2v) is 4.41. The van der Waals surface area contributed by atoms with Crippen molar-refractivity contribution in [3.8, 4) is 0 Å². The number of aromatic nitrogens is 3. The van der Waals surface area contributed by atoms with Gasteiger partial charge < -0.3 is 10.0 Å². The minimum atomic E-state index is 0.160. The zero-order valence-corrected chi connectivity index (χ0v) is 9.66. The van der Waals surface area contributed by atoms with Crippen LogP contribution in [-0.2, 0) is 0 Å². The van der Waals surface area contributed by atoms with Gasteiger partial charge in [0.2, 0.25) is 0 Å². The van der Waals surface area contributed by atoms with Gasteiger partial charge in [-0.25, -0.2) is 9.50 Å². The summed E-state index contributed by atoms with van der Waals surface area (Å²) in [5, 5.41) is 13.4. The minimum absolute atomic E-state index is 0.160. The first-order chi connectivity index (χ1) is 8.40. The zero-order chi connectivity index (χ0) is 11.7. The number of hydrogen-bond donors (Lipinski definition) is 1. The van der Waals surface area contributed by atoms with Gasteiger partial charge in [0.1, 0.15) is 5.52 Å². The van der Waals surface area contributed by atoms with Crippen LogP contribution in [0.25, 0.3) is 5.52 Å². The van der Waals surface area contributed by atoms with E-state index in [-0.39, 0.29) is 6.61 Å². The first-order valence-corrected chi connectivity index (χ1v) is 6.06. The third kappa shape index (κ3) is 1.76. The largest absolute Gasteiger partial charge is 0.395 e. The van der Waals surface area contributed by atoms with Crippen LogP contribution < -0.4 is 4.90 Å². The summed E-state index contributed by atoms with van der Waals surface area (Å²) in [6.45, 7) is 0.801. The maximum Gasteiger partial charge on any atom is 0.155 e. The van der Waals surface area contributed by atoms with Gasteiger partial charge in [-0.1, -0.05) is 0 Å². The normalized spacial score (nSPS) is 16.1. The van der Waals surface area contributed by atoms with Gasteiger partial charge in [0.15, 0.2) is 5.82 Å². The van der Waals surface area contributed by atoms with Crippen LogP contribution in [0.3, 0.4) is 0 Å². The maximum atomic E-state index is 9.20. The van der Waals surface area contributed by atoms with Gasteiger partial charge in [-0.2, -0.15) is 5.10 Å². The van der Waals surface area contributed by atoms with Crippen molar-refractivity contribution in [2.75, 3.05) is 18.1 Å². The topological polar surface area (TPSA) is 53.7 Å². The van der Waals surface area contributed by atoms with Gasteiger partial charge in [-0.05, 0) is 25.3 Å². The highest BCUT2D eigenvalue weighted by Crippen LogP contribution is 2.30. The molecular weight excluding hydrogens is 216 g/mol. The molecule has 5 heteroatoms. The first kappa shape index (κ1) is 10.5. The average molecular weight is 232 g/mol. The Morgan fingerprint density at radius 1 is 1.41 bits per heavy atom. The summed E-state index contributed by atoms with van der Waals surface area (Å²) in [6, 6.07) is 2.49. The molecule has 0 atom stereocenters. The molecule has 1 aliphatic carbocycles. The summed E-state index contributed by atoms with van der Waals surface area (Å²) in [5.74, 6) is 0.934. The third-order valence-corrected chi connectivity index (χ3v) is 3.43. The van der Waals surface area contributed by atoms with Crippen molar-refractivity contribution in [1.82, 2.24) is 14.6 Å². The lowest BCUT2D eigenvalue weighted by Crippen LogP contribution is -2.42. The molecule has 2 aromatic heterocycles. The van der Waals surface area contributed by atoms with Crippen LogP contribution in [0.15, 0.2) is 24.7 Å². The molecule has 2 heterocycles. The molecule has 0 bridgehead atoms. The lowest BCUT2D eigenvalue weighted by Gasteiger charge is -2.38. The molecule has 0 amide bonds. The van der Waals surface area contributed by atoms with Gasteiger partial charge in [-0.15, -0.1) is 0 Å². The molecule has 0 aromatic carbocycles. The van der Waals surface area contributed by atoms with Crippen LogP contribution in [0.1, 0.15) is 19.3 Å². The van der Waals surface area contributed by atoms with Gasteiger partial charge in [-0.3, -0.25) is 0 Å². The van der Waals surface area contributed by atoms with Crippen LogP contribution in [0.4, 0.5) is 5.82 Å². The Kier molecular flexibility index (Phi) is 2.68. The highest BCUT2D eigenvalue weighted by molar-refractivity contribution is 5.68. The Balaban J connectivity index is 2.01. The fourth-order valence-corrected chi connectivity index (χ4v) is 2.33. The summed E-state index contributed by atoms with van der Waals surface area (Å²) in [6.07, 6.45) is 9.04. The number of nitrogens with zero attached hydrogens (tertiary/aromatic N) is 4. The number of anilines is 1. The van der Waals surface area contributed by atoms with Gasteiger partial charge in [0.25, 0.3) is 0 Å². The molecular formula is C12H16N4O. The predicted octanol–water partition coefficient (Wildman–Crippen LogP) is 1.08.